The summed E-state index contributed by atoms with van der Waals surface area (Å²) < 4.78 is 5.37. The van der Waals surface area contributed by atoms with Crippen LogP contribution in [0.5, 0.6) is 5.75 Å². The van der Waals surface area contributed by atoms with Gasteiger partial charge in [-0.1, -0.05) is 12.1 Å². The number of aromatic nitrogens is 1. The van der Waals surface area contributed by atoms with E-state index in [-0.39, 0.29) is 12.5 Å². The number of nitrogens with one attached hydrogen (secondary N) is 1. The van der Waals surface area contributed by atoms with Gasteiger partial charge in [-0.3, -0.25) is 9.78 Å². The molecule has 0 unspecified atom stereocenters. The summed E-state index contributed by atoms with van der Waals surface area (Å²) in [6.07, 6.45) is 0. The number of nitriles is 1. The summed E-state index contributed by atoms with van der Waals surface area (Å²) in [7, 11) is 0. The molecule has 21 heavy (non-hydrogen) atoms. The van der Waals surface area contributed by atoms with Crippen LogP contribution in [0.3, 0.4) is 0 Å². The standard InChI is InChI=1S/C16H15N3O2/c1-11-7-8-14(12(2)18-11)19-16(20)10-21-15-6-4-3-5-13(15)9-17/h3-8H,10H2,1-2H3,(H,19,20). The molecular weight excluding hydrogens is 266 g/mol. The summed E-state index contributed by atoms with van der Waals surface area (Å²) in [5.41, 5.74) is 2.70. The summed E-state index contributed by atoms with van der Waals surface area (Å²) in [5.74, 6) is 0.102. The number of carbonyl (C=O) groups is 1. The minimum absolute atomic E-state index is 0.161. The van der Waals surface area contributed by atoms with Gasteiger partial charge in [-0.15, -0.1) is 0 Å². The van der Waals surface area contributed by atoms with Crippen molar-refractivity contribution in [2.45, 2.75) is 13.8 Å². The molecule has 0 saturated heterocycles. The number of rotatable bonds is 4. The summed E-state index contributed by atoms with van der Waals surface area (Å²) in [6, 6.07) is 12.4. The van der Waals surface area contributed by atoms with Crippen molar-refractivity contribution in [3.63, 3.8) is 0 Å². The highest BCUT2D eigenvalue weighted by Crippen LogP contribution is 2.17. The first kappa shape index (κ1) is 14.5. The first-order valence-electron chi connectivity index (χ1n) is 6.46. The van der Waals surface area contributed by atoms with Gasteiger partial charge >= 0.3 is 0 Å². The highest BCUT2D eigenvalue weighted by molar-refractivity contribution is 5.92. The van der Waals surface area contributed by atoms with E-state index >= 15 is 0 Å². The van der Waals surface area contributed by atoms with E-state index in [1.165, 1.54) is 0 Å². The van der Waals surface area contributed by atoms with Crippen LogP contribution in [0.2, 0.25) is 0 Å². The Morgan fingerprint density at radius 3 is 2.76 bits per heavy atom. The summed E-state index contributed by atoms with van der Waals surface area (Å²) >= 11 is 0. The molecule has 2 rings (SSSR count). The van der Waals surface area contributed by atoms with Crippen LogP contribution in [0, 0.1) is 25.2 Å². The third kappa shape index (κ3) is 3.80. The van der Waals surface area contributed by atoms with Crippen molar-refractivity contribution in [1.29, 1.82) is 5.26 Å². The molecule has 0 atom stereocenters. The van der Waals surface area contributed by atoms with Crippen molar-refractivity contribution < 1.29 is 9.53 Å². The normalized spacial score (nSPS) is 9.76. The maximum Gasteiger partial charge on any atom is 0.262 e. The van der Waals surface area contributed by atoms with Crippen molar-refractivity contribution >= 4 is 11.6 Å². The van der Waals surface area contributed by atoms with Crippen LogP contribution in [0.15, 0.2) is 36.4 Å². The van der Waals surface area contributed by atoms with E-state index in [1.54, 1.807) is 30.3 Å². The third-order valence-corrected chi connectivity index (χ3v) is 2.87. The highest BCUT2D eigenvalue weighted by Gasteiger charge is 2.08. The molecule has 0 aliphatic carbocycles. The lowest BCUT2D eigenvalue weighted by Gasteiger charge is -2.10. The minimum atomic E-state index is -0.295. The van der Waals surface area contributed by atoms with E-state index in [0.717, 1.165) is 11.4 Å². The van der Waals surface area contributed by atoms with Gasteiger partial charge in [-0.2, -0.15) is 5.26 Å². The molecule has 106 valence electrons. The smallest absolute Gasteiger partial charge is 0.262 e. The van der Waals surface area contributed by atoms with E-state index in [1.807, 2.05) is 26.0 Å². The quantitative estimate of drug-likeness (QED) is 0.934. The molecule has 5 nitrogen and oxygen atoms in total. The zero-order valence-corrected chi connectivity index (χ0v) is 11.9. The van der Waals surface area contributed by atoms with Gasteiger partial charge in [-0.25, -0.2) is 0 Å². The van der Waals surface area contributed by atoms with Crippen LogP contribution in [0.4, 0.5) is 5.69 Å². The fourth-order valence-corrected chi connectivity index (χ4v) is 1.83. The van der Waals surface area contributed by atoms with Crippen LogP contribution >= 0.6 is 0 Å². The molecule has 0 radical (unpaired) electrons. The number of para-hydroxylation sites is 1. The van der Waals surface area contributed by atoms with Gasteiger partial charge in [-0.05, 0) is 38.1 Å². The largest absolute Gasteiger partial charge is 0.482 e. The van der Waals surface area contributed by atoms with E-state index in [2.05, 4.69) is 10.3 Å². The Bertz CT molecular complexity index is 705. The van der Waals surface area contributed by atoms with Crippen molar-refractivity contribution in [1.82, 2.24) is 4.98 Å². The van der Waals surface area contributed by atoms with Crippen molar-refractivity contribution in [3.8, 4) is 11.8 Å². The summed E-state index contributed by atoms with van der Waals surface area (Å²) in [4.78, 5) is 16.1. The maximum atomic E-state index is 11.9. The number of amides is 1. The summed E-state index contributed by atoms with van der Waals surface area (Å²) in [5, 5.41) is 11.7. The Balaban J connectivity index is 1.98. The Labute approximate surface area is 123 Å². The van der Waals surface area contributed by atoms with Gasteiger partial charge < -0.3 is 10.1 Å². The fourth-order valence-electron chi connectivity index (χ4n) is 1.83. The molecule has 1 aromatic heterocycles. The lowest BCUT2D eigenvalue weighted by atomic mass is 10.2. The summed E-state index contributed by atoms with van der Waals surface area (Å²) in [6.45, 7) is 3.56. The van der Waals surface area contributed by atoms with Gasteiger partial charge in [0, 0.05) is 5.69 Å². The zero-order valence-electron chi connectivity index (χ0n) is 11.9. The Morgan fingerprint density at radius 2 is 2.05 bits per heavy atom. The van der Waals surface area contributed by atoms with Crippen LogP contribution in [0.1, 0.15) is 17.0 Å². The van der Waals surface area contributed by atoms with Crippen LogP contribution in [-0.4, -0.2) is 17.5 Å². The molecule has 0 fully saturated rings. The van der Waals surface area contributed by atoms with Gasteiger partial charge in [0.1, 0.15) is 11.8 Å². The predicted octanol–water partition coefficient (Wildman–Crippen LogP) is 2.59. The minimum Gasteiger partial charge on any atom is -0.482 e. The number of nitrogens with zero attached hydrogens (tertiary/aromatic N) is 2. The van der Waals surface area contributed by atoms with E-state index < -0.39 is 0 Å². The highest BCUT2D eigenvalue weighted by atomic mass is 16.5. The number of pyridine rings is 1. The number of carbonyl (C=O) groups excluding carboxylic acids is 1. The van der Waals surface area contributed by atoms with Gasteiger partial charge in [0.25, 0.3) is 5.91 Å². The second-order valence-electron chi connectivity index (χ2n) is 4.53. The molecule has 1 aromatic carbocycles. The number of hydrogen-bond donors (Lipinski definition) is 1. The van der Waals surface area contributed by atoms with Crippen LogP contribution in [0.25, 0.3) is 0 Å². The van der Waals surface area contributed by atoms with Crippen molar-refractivity contribution in [2.24, 2.45) is 0 Å². The predicted molar refractivity (Wildman–Crippen MR) is 79.0 cm³/mol. The molecule has 2 aromatic rings. The molecule has 1 heterocycles. The molecule has 0 aliphatic rings. The molecule has 0 spiro atoms. The fraction of sp³-hybridized carbons (Fsp3) is 0.188. The average Bonchev–Trinajstić information content (AvgIpc) is 2.48. The zero-order chi connectivity index (χ0) is 15.2. The van der Waals surface area contributed by atoms with E-state index in [9.17, 15) is 4.79 Å². The number of hydrogen-bond acceptors (Lipinski definition) is 4. The number of benzene rings is 1. The lowest BCUT2D eigenvalue weighted by molar-refractivity contribution is -0.118. The molecule has 1 amide bonds. The Kier molecular flexibility index (Phi) is 4.52. The van der Waals surface area contributed by atoms with Crippen LogP contribution < -0.4 is 10.1 Å². The number of aryl methyl sites for hydroxylation is 2. The lowest BCUT2D eigenvalue weighted by Crippen LogP contribution is -2.21. The number of ether oxygens (including phenoxy) is 1. The van der Waals surface area contributed by atoms with Crippen molar-refractivity contribution in [3.05, 3.63) is 53.3 Å². The third-order valence-electron chi connectivity index (χ3n) is 2.87. The molecule has 0 saturated carbocycles. The monoisotopic (exact) mass is 281 g/mol. The molecule has 5 heteroatoms. The van der Waals surface area contributed by atoms with Gasteiger partial charge in [0.2, 0.25) is 0 Å². The van der Waals surface area contributed by atoms with Gasteiger partial charge in [0.05, 0.1) is 16.9 Å². The van der Waals surface area contributed by atoms with E-state index in [0.29, 0.717) is 17.0 Å². The Morgan fingerprint density at radius 1 is 1.29 bits per heavy atom. The van der Waals surface area contributed by atoms with E-state index in [4.69, 9.17) is 10.00 Å². The average molecular weight is 281 g/mol. The first-order valence-corrected chi connectivity index (χ1v) is 6.46. The van der Waals surface area contributed by atoms with Crippen LogP contribution in [-0.2, 0) is 4.79 Å². The topological polar surface area (TPSA) is 75.0 Å². The van der Waals surface area contributed by atoms with Crippen molar-refractivity contribution in [2.75, 3.05) is 11.9 Å². The molecule has 0 aliphatic heterocycles. The molecule has 0 bridgehead atoms. The number of anilines is 1. The second kappa shape index (κ2) is 6.53. The van der Waals surface area contributed by atoms with Gasteiger partial charge in [0.15, 0.2) is 6.61 Å². The molecular formula is C16H15N3O2. The first-order chi connectivity index (χ1) is 10.1. The Hall–Kier alpha value is -2.87. The maximum absolute atomic E-state index is 11.9. The molecule has 1 N–H and O–H groups in total. The SMILES string of the molecule is Cc1ccc(NC(=O)COc2ccccc2C#N)c(C)n1. The second-order valence-corrected chi connectivity index (χ2v) is 4.53.